The van der Waals surface area contributed by atoms with Crippen LogP contribution in [0.4, 0.5) is 11.5 Å². The van der Waals surface area contributed by atoms with Crippen molar-refractivity contribution in [2.75, 3.05) is 24.6 Å². The summed E-state index contributed by atoms with van der Waals surface area (Å²) in [5, 5.41) is 28.8. The van der Waals surface area contributed by atoms with Crippen LogP contribution in [0.5, 0.6) is 0 Å². The van der Waals surface area contributed by atoms with Gasteiger partial charge in [0.1, 0.15) is 17.6 Å². The number of aromatic carboxylic acids is 1. The molecule has 0 aromatic carbocycles. The van der Waals surface area contributed by atoms with E-state index in [-0.39, 0.29) is 18.1 Å². The number of aliphatic hydroxyl groups is 1. The van der Waals surface area contributed by atoms with Gasteiger partial charge in [0.05, 0.1) is 4.92 Å². The van der Waals surface area contributed by atoms with Crippen LogP contribution in [0.3, 0.4) is 0 Å². The normalized spacial score (nSPS) is 18.6. The van der Waals surface area contributed by atoms with Crippen LogP contribution in [0, 0.1) is 16.0 Å². The average Bonchev–Trinajstić information content (AvgIpc) is 2.86. The summed E-state index contributed by atoms with van der Waals surface area (Å²) in [6, 6.07) is 1.21. The van der Waals surface area contributed by atoms with Gasteiger partial charge in [-0.2, -0.15) is 0 Å². The van der Waals surface area contributed by atoms with Gasteiger partial charge in [-0.25, -0.2) is 9.78 Å². The molecular weight excluding hydrogens is 254 g/mol. The molecule has 0 spiro atoms. The number of anilines is 1. The molecule has 0 bridgehead atoms. The summed E-state index contributed by atoms with van der Waals surface area (Å²) in [5.41, 5.74) is -0.892. The third kappa shape index (κ3) is 2.63. The zero-order valence-electron chi connectivity index (χ0n) is 10.0. The first-order chi connectivity index (χ1) is 9.02. The van der Waals surface area contributed by atoms with Gasteiger partial charge in [0.15, 0.2) is 0 Å². The van der Waals surface area contributed by atoms with E-state index < -0.39 is 16.6 Å². The van der Waals surface area contributed by atoms with E-state index in [9.17, 15) is 14.9 Å². The fourth-order valence-corrected chi connectivity index (χ4v) is 2.12. The molecule has 1 aromatic heterocycles. The minimum atomic E-state index is -1.35. The van der Waals surface area contributed by atoms with E-state index in [0.717, 1.165) is 12.6 Å². The van der Waals surface area contributed by atoms with E-state index in [1.807, 2.05) is 4.90 Å². The van der Waals surface area contributed by atoms with E-state index >= 15 is 0 Å². The summed E-state index contributed by atoms with van der Waals surface area (Å²) in [4.78, 5) is 26.7. The van der Waals surface area contributed by atoms with Crippen molar-refractivity contribution in [2.24, 2.45) is 5.92 Å². The maximum Gasteiger partial charge on any atom is 0.342 e. The number of carbonyl (C=O) groups is 1. The van der Waals surface area contributed by atoms with Crippen molar-refractivity contribution in [1.29, 1.82) is 0 Å². The second-order valence-corrected chi connectivity index (χ2v) is 4.41. The number of carboxylic acids is 1. The van der Waals surface area contributed by atoms with Crippen molar-refractivity contribution in [3.63, 3.8) is 0 Å². The molecule has 1 aliphatic rings. The molecule has 2 rings (SSSR count). The lowest BCUT2D eigenvalue weighted by Crippen LogP contribution is -2.22. The Morgan fingerprint density at radius 2 is 2.37 bits per heavy atom. The first-order valence-electron chi connectivity index (χ1n) is 5.76. The Labute approximate surface area is 108 Å². The van der Waals surface area contributed by atoms with Crippen LogP contribution < -0.4 is 4.90 Å². The largest absolute Gasteiger partial charge is 0.477 e. The molecule has 1 aromatic rings. The Kier molecular flexibility index (Phi) is 3.61. The van der Waals surface area contributed by atoms with Gasteiger partial charge in [-0.3, -0.25) is 10.1 Å². The summed E-state index contributed by atoms with van der Waals surface area (Å²) in [7, 11) is 0. The zero-order valence-corrected chi connectivity index (χ0v) is 10.0. The first kappa shape index (κ1) is 13.2. The number of rotatable bonds is 4. The van der Waals surface area contributed by atoms with Gasteiger partial charge >= 0.3 is 11.7 Å². The second-order valence-electron chi connectivity index (χ2n) is 4.41. The van der Waals surface area contributed by atoms with Crippen LogP contribution in [0.15, 0.2) is 12.3 Å². The van der Waals surface area contributed by atoms with Gasteiger partial charge in [0.2, 0.25) is 0 Å². The number of aliphatic hydroxyl groups excluding tert-OH is 1. The second kappa shape index (κ2) is 5.19. The van der Waals surface area contributed by atoms with Crippen LogP contribution in [-0.2, 0) is 0 Å². The van der Waals surface area contributed by atoms with E-state index in [1.54, 1.807) is 0 Å². The van der Waals surface area contributed by atoms with Gasteiger partial charge < -0.3 is 15.1 Å². The van der Waals surface area contributed by atoms with E-state index in [2.05, 4.69) is 4.98 Å². The van der Waals surface area contributed by atoms with Crippen molar-refractivity contribution in [2.45, 2.75) is 6.42 Å². The van der Waals surface area contributed by atoms with Crippen molar-refractivity contribution in [3.8, 4) is 0 Å². The lowest BCUT2D eigenvalue weighted by molar-refractivity contribution is -0.385. The molecule has 0 saturated carbocycles. The molecule has 8 nitrogen and oxygen atoms in total. The number of pyridine rings is 1. The van der Waals surface area contributed by atoms with Crippen LogP contribution in [0.2, 0.25) is 0 Å². The van der Waals surface area contributed by atoms with E-state index in [1.165, 1.54) is 6.07 Å². The van der Waals surface area contributed by atoms with Crippen LogP contribution in [0.1, 0.15) is 16.8 Å². The first-order valence-corrected chi connectivity index (χ1v) is 5.76. The lowest BCUT2D eigenvalue weighted by atomic mass is 10.1. The highest BCUT2D eigenvalue weighted by Gasteiger charge is 2.26. The summed E-state index contributed by atoms with van der Waals surface area (Å²) in [5.74, 6) is -0.836. The van der Waals surface area contributed by atoms with Crippen molar-refractivity contribution >= 4 is 17.5 Å². The quantitative estimate of drug-likeness (QED) is 0.602. The Morgan fingerprint density at radius 1 is 1.63 bits per heavy atom. The summed E-state index contributed by atoms with van der Waals surface area (Å²) >= 11 is 0. The predicted octanol–water partition coefficient (Wildman–Crippen LogP) is 0.507. The van der Waals surface area contributed by atoms with Gasteiger partial charge in [-0.15, -0.1) is 0 Å². The average molecular weight is 267 g/mol. The molecule has 0 amide bonds. The Morgan fingerprint density at radius 3 is 2.89 bits per heavy atom. The fourth-order valence-electron chi connectivity index (χ4n) is 2.12. The maximum atomic E-state index is 11.0. The van der Waals surface area contributed by atoms with Crippen molar-refractivity contribution in [1.82, 2.24) is 4.98 Å². The smallest absolute Gasteiger partial charge is 0.342 e. The number of hydrogen-bond donors (Lipinski definition) is 2. The predicted molar refractivity (Wildman–Crippen MR) is 65.3 cm³/mol. The number of aromatic nitrogens is 1. The molecule has 1 unspecified atom stereocenters. The molecule has 1 atom stereocenters. The topological polar surface area (TPSA) is 117 Å². The van der Waals surface area contributed by atoms with Gasteiger partial charge in [-0.05, 0) is 6.42 Å². The molecule has 19 heavy (non-hydrogen) atoms. The molecule has 0 aliphatic carbocycles. The highest BCUT2D eigenvalue weighted by atomic mass is 16.6. The number of nitrogens with zero attached hydrogens (tertiary/aromatic N) is 3. The molecule has 1 aliphatic heterocycles. The molecule has 0 radical (unpaired) electrons. The molecular formula is C11H13N3O5. The SMILES string of the molecule is O=C(O)c1cc(N2CCC(CO)C2)ncc1[N+](=O)[O-]. The Bertz CT molecular complexity index is 519. The molecule has 1 saturated heterocycles. The maximum absolute atomic E-state index is 11.0. The molecule has 2 N–H and O–H groups in total. The molecule has 8 heteroatoms. The third-order valence-electron chi connectivity index (χ3n) is 3.16. The minimum Gasteiger partial charge on any atom is -0.477 e. The molecule has 2 heterocycles. The van der Waals surface area contributed by atoms with E-state index in [0.29, 0.717) is 18.9 Å². The van der Waals surface area contributed by atoms with Gasteiger partial charge in [0.25, 0.3) is 0 Å². The van der Waals surface area contributed by atoms with Crippen LogP contribution >= 0.6 is 0 Å². The highest BCUT2D eigenvalue weighted by molar-refractivity contribution is 5.93. The van der Waals surface area contributed by atoms with Crippen LogP contribution in [0.25, 0.3) is 0 Å². The summed E-state index contributed by atoms with van der Waals surface area (Å²) in [6.07, 6.45) is 1.75. The molecule has 102 valence electrons. The monoisotopic (exact) mass is 267 g/mol. The van der Waals surface area contributed by atoms with E-state index in [4.69, 9.17) is 10.2 Å². The lowest BCUT2D eigenvalue weighted by Gasteiger charge is -2.17. The summed E-state index contributed by atoms with van der Waals surface area (Å²) in [6.45, 7) is 1.28. The van der Waals surface area contributed by atoms with Gasteiger partial charge in [0, 0.05) is 31.7 Å². The molecule has 1 fully saturated rings. The van der Waals surface area contributed by atoms with Crippen molar-refractivity contribution in [3.05, 3.63) is 27.9 Å². The summed E-state index contributed by atoms with van der Waals surface area (Å²) < 4.78 is 0. The van der Waals surface area contributed by atoms with Gasteiger partial charge in [-0.1, -0.05) is 0 Å². The fraction of sp³-hybridized carbons (Fsp3) is 0.455. The number of carboxylic acid groups (broad SMARTS) is 1. The Hall–Kier alpha value is -2.22. The minimum absolute atomic E-state index is 0.0648. The van der Waals surface area contributed by atoms with Crippen molar-refractivity contribution < 1.29 is 19.9 Å². The van der Waals surface area contributed by atoms with Crippen LogP contribution in [-0.4, -0.2) is 45.8 Å². The third-order valence-corrected chi connectivity index (χ3v) is 3.16. The number of nitro groups is 1. The zero-order chi connectivity index (χ0) is 14.0. The highest BCUT2D eigenvalue weighted by Crippen LogP contribution is 2.26. The Balaban J connectivity index is 2.31. The standard InChI is InChI=1S/C11H13N3O5/c15-6-7-1-2-13(5-7)10-3-8(11(16)17)9(4-12-10)14(18)19/h3-4,7,15H,1-2,5-6H2,(H,16,17). The number of hydrogen-bond acceptors (Lipinski definition) is 6.